The average molecular weight is 881 g/mol. The molecule has 2 bridgehead atoms. The first-order chi connectivity index (χ1) is 29.9. The molecule has 1 amide bonds. The number of rotatable bonds is 8. The van der Waals surface area contributed by atoms with Crippen LogP contribution in [0.4, 0.5) is 5.69 Å². The van der Waals surface area contributed by atoms with E-state index in [9.17, 15) is 29.4 Å². The second kappa shape index (κ2) is 23.0. The monoisotopic (exact) mass is 881 g/mol. The number of esters is 1. The maximum Gasteiger partial charge on any atom is 0.329 e. The number of ketones is 2. The molecule has 2 saturated heterocycles. The summed E-state index contributed by atoms with van der Waals surface area (Å²) in [5, 5.41) is 22.8. The minimum Gasteiger partial charge on any atom is -0.488 e. The van der Waals surface area contributed by atoms with Gasteiger partial charge in [0.1, 0.15) is 42.0 Å². The lowest BCUT2D eigenvalue weighted by atomic mass is 9.81. The van der Waals surface area contributed by atoms with Crippen molar-refractivity contribution in [2.24, 2.45) is 29.6 Å². The van der Waals surface area contributed by atoms with Crippen LogP contribution in [-0.4, -0.2) is 128 Å². The van der Waals surface area contributed by atoms with Crippen molar-refractivity contribution in [3.05, 3.63) is 47.6 Å². The number of aliphatic hydroxyl groups excluding tert-OH is 2. The molecule has 1 saturated carbocycles. The number of Topliss-reactive ketones (excluding diaryl/α,β-unsaturated/α-hetero) is 2. The van der Waals surface area contributed by atoms with Gasteiger partial charge in [0, 0.05) is 58.8 Å². The Balaban J connectivity index is 1.47. The van der Waals surface area contributed by atoms with Gasteiger partial charge in [0.2, 0.25) is 5.78 Å². The highest BCUT2D eigenvalue weighted by molar-refractivity contribution is 6.38. The van der Waals surface area contributed by atoms with Gasteiger partial charge in [-0.2, -0.15) is 0 Å². The Labute approximate surface area is 375 Å². The van der Waals surface area contributed by atoms with Crippen LogP contribution in [0.25, 0.3) is 0 Å². The number of hydrogen-bond donors (Lipinski definition) is 2. The lowest BCUT2D eigenvalue weighted by Gasteiger charge is -2.43. The van der Waals surface area contributed by atoms with Crippen LogP contribution in [0.2, 0.25) is 0 Å². The molecule has 3 fully saturated rings. The van der Waals surface area contributed by atoms with Gasteiger partial charge < -0.3 is 43.7 Å². The lowest BCUT2D eigenvalue weighted by Crippen LogP contribution is -2.58. The summed E-state index contributed by atoms with van der Waals surface area (Å²) in [4.78, 5) is 60.3. The molecule has 0 spiro atoms. The zero-order valence-corrected chi connectivity index (χ0v) is 39.5. The normalized spacial score (nSPS) is 36.1. The molecule has 0 radical (unpaired) electrons. The number of fused-ring (bicyclic) bond motifs is 3. The maximum atomic E-state index is 14.5. The number of carbonyl (C=O) groups is 4. The molecule has 1 aromatic rings. The number of nitrogens with zero attached hydrogens (tertiary/aromatic N) is 2. The van der Waals surface area contributed by atoms with Crippen LogP contribution in [0.1, 0.15) is 112 Å². The first-order valence-corrected chi connectivity index (χ1v) is 23.4. The van der Waals surface area contributed by atoms with Crippen LogP contribution >= 0.6 is 0 Å². The Hall–Kier alpha value is -3.62. The van der Waals surface area contributed by atoms with E-state index in [1.165, 1.54) is 4.90 Å². The molecule has 2 N–H and O–H groups in total. The summed E-state index contributed by atoms with van der Waals surface area (Å²) in [5.41, 5.74) is 2.76. The van der Waals surface area contributed by atoms with Crippen LogP contribution < -0.4 is 9.64 Å². The van der Waals surface area contributed by atoms with Crippen LogP contribution in [0, 0.1) is 29.6 Å². The number of cyclic esters (lactones) is 1. The number of piperidine rings is 1. The number of amides is 1. The third-order valence-electron chi connectivity index (χ3n) is 14.0. The van der Waals surface area contributed by atoms with Crippen molar-refractivity contribution in [2.75, 3.05) is 39.8 Å². The Morgan fingerprint density at radius 2 is 1.57 bits per heavy atom. The molecule has 3 aliphatic heterocycles. The van der Waals surface area contributed by atoms with Gasteiger partial charge in [-0.05, 0) is 126 Å². The molecule has 352 valence electrons. The molecule has 0 aromatic heterocycles. The smallest absolute Gasteiger partial charge is 0.329 e. The molecule has 13 unspecified atom stereocenters. The number of benzene rings is 1. The molecule has 1 aliphatic carbocycles. The number of carbonyl (C=O) groups excluding carboxylic acids is 4. The Kier molecular flexibility index (Phi) is 18.4. The van der Waals surface area contributed by atoms with E-state index in [2.05, 4.69) is 6.92 Å². The number of anilines is 1. The zero-order chi connectivity index (χ0) is 46.1. The molecule has 13 heteroatoms. The fourth-order valence-electron chi connectivity index (χ4n) is 10.3. The molecule has 4 aliphatic rings. The number of aliphatic hydroxyl groups is 2. The van der Waals surface area contributed by atoms with Crippen LogP contribution in [0.3, 0.4) is 0 Å². The summed E-state index contributed by atoms with van der Waals surface area (Å²) in [6, 6.07) is 6.69. The lowest BCUT2D eigenvalue weighted by molar-refractivity contribution is -0.199. The SMILES string of the molecule is CCC1C=C(C)CC(C)CC(OC)C2O[C@H](C(=O)C(=O)N3CCCCC3C(=O)OC(C(C)=CC3CCC(O)C(Oc4ccc(N(C)C)cc4)C3)C(C)C(O)CC1=O)C(C)CC2OC. The van der Waals surface area contributed by atoms with Crippen LogP contribution in [-0.2, 0) is 38.1 Å². The second-order valence-corrected chi connectivity index (χ2v) is 19.3. The summed E-state index contributed by atoms with van der Waals surface area (Å²) in [6.07, 6.45) is 3.77. The van der Waals surface area contributed by atoms with Gasteiger partial charge in [0.05, 0.1) is 24.4 Å². The predicted octanol–water partition coefficient (Wildman–Crippen LogP) is 6.65. The van der Waals surface area contributed by atoms with Crippen LogP contribution in [0.15, 0.2) is 47.6 Å². The van der Waals surface area contributed by atoms with E-state index >= 15 is 0 Å². The van der Waals surface area contributed by atoms with E-state index < -0.39 is 78.3 Å². The number of ether oxygens (including phenoxy) is 5. The molecular weight excluding hydrogens is 805 g/mol. The first kappa shape index (κ1) is 50.4. The van der Waals surface area contributed by atoms with E-state index in [4.69, 9.17) is 23.7 Å². The summed E-state index contributed by atoms with van der Waals surface area (Å²) in [7, 11) is 7.16. The van der Waals surface area contributed by atoms with E-state index in [0.29, 0.717) is 75.5 Å². The highest BCUT2D eigenvalue weighted by Gasteiger charge is 2.48. The summed E-state index contributed by atoms with van der Waals surface area (Å²) < 4.78 is 31.1. The van der Waals surface area contributed by atoms with E-state index in [1.54, 1.807) is 21.1 Å². The zero-order valence-electron chi connectivity index (χ0n) is 39.5. The molecule has 63 heavy (non-hydrogen) atoms. The van der Waals surface area contributed by atoms with Gasteiger partial charge in [-0.1, -0.05) is 45.4 Å². The predicted molar refractivity (Wildman–Crippen MR) is 241 cm³/mol. The third kappa shape index (κ3) is 12.8. The Morgan fingerprint density at radius 1 is 0.889 bits per heavy atom. The number of allylic oxidation sites excluding steroid dienone is 3. The van der Waals surface area contributed by atoms with Crippen molar-refractivity contribution in [2.45, 2.75) is 167 Å². The fraction of sp³-hybridized carbons (Fsp3) is 0.720. The van der Waals surface area contributed by atoms with Crippen molar-refractivity contribution in [3.8, 4) is 5.75 Å². The van der Waals surface area contributed by atoms with Gasteiger partial charge in [0.15, 0.2) is 0 Å². The highest BCUT2D eigenvalue weighted by atomic mass is 16.6. The third-order valence-corrected chi connectivity index (χ3v) is 14.0. The van der Waals surface area contributed by atoms with Crippen molar-refractivity contribution in [3.63, 3.8) is 0 Å². The summed E-state index contributed by atoms with van der Waals surface area (Å²) in [5.74, 6) is -2.98. The second-order valence-electron chi connectivity index (χ2n) is 19.3. The van der Waals surface area contributed by atoms with Gasteiger partial charge in [-0.3, -0.25) is 14.4 Å². The topological polar surface area (TPSA) is 161 Å². The molecule has 14 atom stereocenters. The van der Waals surface area contributed by atoms with Crippen molar-refractivity contribution >= 4 is 29.1 Å². The van der Waals surface area contributed by atoms with E-state index in [1.807, 2.05) is 83.1 Å². The molecule has 1 aromatic carbocycles. The minimum atomic E-state index is -1.15. The molecular formula is C50H76N2O11. The van der Waals surface area contributed by atoms with Crippen molar-refractivity contribution in [1.82, 2.24) is 4.90 Å². The summed E-state index contributed by atoms with van der Waals surface area (Å²) in [6.45, 7) is 11.8. The Morgan fingerprint density at radius 3 is 2.22 bits per heavy atom. The highest BCUT2D eigenvalue weighted by Crippen LogP contribution is 2.36. The van der Waals surface area contributed by atoms with Gasteiger partial charge in [-0.15, -0.1) is 0 Å². The molecule has 5 rings (SSSR count). The number of hydrogen-bond acceptors (Lipinski definition) is 12. The average Bonchev–Trinajstić information content (AvgIpc) is 3.26. The fourth-order valence-corrected chi connectivity index (χ4v) is 10.3. The van der Waals surface area contributed by atoms with E-state index in [0.717, 1.165) is 11.3 Å². The minimum absolute atomic E-state index is 0.0451. The maximum absolute atomic E-state index is 14.5. The first-order valence-electron chi connectivity index (χ1n) is 23.4. The van der Waals surface area contributed by atoms with Crippen LogP contribution in [0.5, 0.6) is 5.75 Å². The number of methoxy groups -OCH3 is 2. The van der Waals surface area contributed by atoms with Gasteiger partial charge >= 0.3 is 5.97 Å². The Bertz CT molecular complexity index is 1760. The van der Waals surface area contributed by atoms with Crippen molar-refractivity contribution in [1.29, 1.82) is 0 Å². The molecule has 13 nitrogen and oxygen atoms in total. The molecule has 3 heterocycles. The van der Waals surface area contributed by atoms with Crippen molar-refractivity contribution < 1.29 is 53.1 Å². The van der Waals surface area contributed by atoms with Gasteiger partial charge in [-0.25, -0.2) is 4.79 Å². The largest absolute Gasteiger partial charge is 0.488 e. The quantitative estimate of drug-likeness (QED) is 0.163. The standard InChI is InChI=1S/C50H76N2O11/c1-11-35-23-29(2)22-30(3)24-43(59-9)48-44(60-10)26-32(5)47(62-48)45(56)49(57)52-21-13-12-14-38(52)50(58)63-46(33(6)40(54)28-41(35)55)31(4)25-34-15-20-39(53)42(27-34)61-37-18-16-36(17-19-37)51(7)8/h16-19,23,25,30,32-35,38-40,42-44,46-48,53-54H,11-15,20-22,24,26-28H2,1-10H3/t30?,32?,33?,34?,35?,38?,39?,40?,42?,43?,44?,46?,47-,48?/m0/s1. The van der Waals surface area contributed by atoms with Gasteiger partial charge in [0.25, 0.3) is 5.91 Å². The summed E-state index contributed by atoms with van der Waals surface area (Å²) >= 11 is 0. The van der Waals surface area contributed by atoms with E-state index in [-0.39, 0.29) is 42.6 Å².